The van der Waals surface area contributed by atoms with E-state index in [1.54, 1.807) is 24.3 Å². The van der Waals surface area contributed by atoms with Gasteiger partial charge < -0.3 is 10.2 Å². The molecule has 0 aromatic heterocycles. The van der Waals surface area contributed by atoms with Crippen LogP contribution < -0.4 is 0 Å². The van der Waals surface area contributed by atoms with Crippen molar-refractivity contribution < 1.29 is 15.0 Å². The average molecular weight is 228 g/mol. The molecule has 86 valence electrons. The van der Waals surface area contributed by atoms with Gasteiger partial charge in [0.15, 0.2) is 5.78 Å². The Labute approximate surface area is 99.0 Å². The van der Waals surface area contributed by atoms with Gasteiger partial charge in [-0.15, -0.1) is 0 Å². The molecule has 0 saturated carbocycles. The van der Waals surface area contributed by atoms with Crippen molar-refractivity contribution in [1.29, 1.82) is 0 Å². The van der Waals surface area contributed by atoms with E-state index in [0.717, 1.165) is 0 Å². The summed E-state index contributed by atoms with van der Waals surface area (Å²) in [5.74, 6) is -0.456. The molecule has 0 spiro atoms. The summed E-state index contributed by atoms with van der Waals surface area (Å²) >= 11 is 0. The zero-order chi connectivity index (χ0) is 12.4. The zero-order valence-electron chi connectivity index (χ0n) is 9.34. The Kier molecular flexibility index (Phi) is 2.83. The van der Waals surface area contributed by atoms with Gasteiger partial charge in [-0.3, -0.25) is 4.79 Å². The summed E-state index contributed by atoms with van der Waals surface area (Å²) in [7, 11) is 0. The highest BCUT2D eigenvalue weighted by atomic mass is 16.3. The molecule has 0 saturated heterocycles. The van der Waals surface area contributed by atoms with Crippen LogP contribution in [0.1, 0.15) is 17.3 Å². The predicted octanol–water partition coefficient (Wildman–Crippen LogP) is 2.97. The summed E-state index contributed by atoms with van der Waals surface area (Å²) in [6.45, 7) is 1.38. The number of rotatable bonds is 2. The third-order valence-electron chi connectivity index (χ3n) is 2.60. The van der Waals surface area contributed by atoms with Gasteiger partial charge in [0.2, 0.25) is 0 Å². The first-order chi connectivity index (χ1) is 8.11. The van der Waals surface area contributed by atoms with E-state index in [-0.39, 0.29) is 22.8 Å². The standard InChI is InChI=1S/C14H12O3/c1-9(15)11-7-8-12(16)13(14(11)17)10-5-3-2-4-6-10/h2-8,16-17H,1H3. The van der Waals surface area contributed by atoms with Crippen LogP contribution in [0.25, 0.3) is 11.1 Å². The van der Waals surface area contributed by atoms with E-state index < -0.39 is 0 Å². The number of aromatic hydroxyl groups is 2. The van der Waals surface area contributed by atoms with E-state index in [0.29, 0.717) is 11.1 Å². The minimum atomic E-state index is -0.236. The number of benzene rings is 2. The van der Waals surface area contributed by atoms with Crippen LogP contribution in [0.2, 0.25) is 0 Å². The first kappa shape index (κ1) is 11.2. The second kappa shape index (κ2) is 4.29. The Hall–Kier alpha value is -2.29. The van der Waals surface area contributed by atoms with Gasteiger partial charge in [-0.2, -0.15) is 0 Å². The van der Waals surface area contributed by atoms with Crippen LogP contribution >= 0.6 is 0 Å². The highest BCUT2D eigenvalue weighted by Crippen LogP contribution is 2.39. The first-order valence-electron chi connectivity index (χ1n) is 5.22. The summed E-state index contributed by atoms with van der Waals surface area (Å²) in [6, 6.07) is 11.8. The number of hydrogen-bond donors (Lipinski definition) is 2. The molecule has 3 nitrogen and oxygen atoms in total. The number of carbonyl (C=O) groups excluding carboxylic acids is 1. The van der Waals surface area contributed by atoms with E-state index in [4.69, 9.17) is 0 Å². The van der Waals surface area contributed by atoms with Crippen LogP contribution in [0.5, 0.6) is 11.5 Å². The van der Waals surface area contributed by atoms with Gasteiger partial charge in [-0.1, -0.05) is 30.3 Å². The van der Waals surface area contributed by atoms with E-state index in [2.05, 4.69) is 0 Å². The molecule has 2 aromatic rings. The summed E-state index contributed by atoms with van der Waals surface area (Å²) < 4.78 is 0. The maximum Gasteiger partial charge on any atom is 0.163 e. The van der Waals surface area contributed by atoms with E-state index in [1.165, 1.54) is 19.1 Å². The number of phenolic OH excluding ortho intramolecular Hbond substituents is 2. The van der Waals surface area contributed by atoms with Crippen LogP contribution in [0.3, 0.4) is 0 Å². The normalized spacial score (nSPS) is 10.2. The number of hydrogen-bond acceptors (Lipinski definition) is 3. The molecule has 0 fully saturated rings. The molecule has 2 rings (SSSR count). The second-order valence-corrected chi connectivity index (χ2v) is 3.78. The fourth-order valence-electron chi connectivity index (χ4n) is 1.75. The van der Waals surface area contributed by atoms with E-state index >= 15 is 0 Å². The molecule has 0 radical (unpaired) electrons. The van der Waals surface area contributed by atoms with Gasteiger partial charge in [-0.05, 0) is 24.6 Å². The molecule has 17 heavy (non-hydrogen) atoms. The average Bonchev–Trinajstić information content (AvgIpc) is 2.30. The van der Waals surface area contributed by atoms with Crippen LogP contribution in [-0.2, 0) is 0 Å². The number of phenols is 2. The van der Waals surface area contributed by atoms with Gasteiger partial charge in [0.05, 0.1) is 11.1 Å². The molecule has 2 aromatic carbocycles. The monoisotopic (exact) mass is 228 g/mol. The fraction of sp³-hybridized carbons (Fsp3) is 0.0714. The third kappa shape index (κ3) is 1.99. The van der Waals surface area contributed by atoms with E-state index in [9.17, 15) is 15.0 Å². The van der Waals surface area contributed by atoms with Crippen LogP contribution in [0, 0.1) is 0 Å². The van der Waals surface area contributed by atoms with E-state index in [1.807, 2.05) is 6.07 Å². The molecule has 3 heteroatoms. The van der Waals surface area contributed by atoms with Crippen molar-refractivity contribution in [3.8, 4) is 22.6 Å². The molecular weight excluding hydrogens is 216 g/mol. The summed E-state index contributed by atoms with van der Waals surface area (Å²) in [5, 5.41) is 19.8. The van der Waals surface area contributed by atoms with Crippen molar-refractivity contribution in [2.24, 2.45) is 0 Å². The Morgan fingerprint density at radius 3 is 2.24 bits per heavy atom. The Morgan fingerprint density at radius 1 is 1.00 bits per heavy atom. The topological polar surface area (TPSA) is 57.5 Å². The molecule has 0 aliphatic rings. The summed E-state index contributed by atoms with van der Waals surface area (Å²) in [6.07, 6.45) is 0. The van der Waals surface area contributed by atoms with Crippen molar-refractivity contribution in [3.05, 3.63) is 48.0 Å². The van der Waals surface area contributed by atoms with Crippen LogP contribution in [-0.4, -0.2) is 16.0 Å². The van der Waals surface area contributed by atoms with Crippen molar-refractivity contribution in [1.82, 2.24) is 0 Å². The SMILES string of the molecule is CC(=O)c1ccc(O)c(-c2ccccc2)c1O. The Balaban J connectivity index is 2.69. The van der Waals surface area contributed by atoms with Crippen molar-refractivity contribution in [2.75, 3.05) is 0 Å². The number of carbonyl (C=O) groups is 1. The van der Waals surface area contributed by atoms with Crippen molar-refractivity contribution >= 4 is 5.78 Å². The lowest BCUT2D eigenvalue weighted by molar-refractivity contribution is 0.101. The first-order valence-corrected chi connectivity index (χ1v) is 5.22. The fourth-order valence-corrected chi connectivity index (χ4v) is 1.75. The third-order valence-corrected chi connectivity index (χ3v) is 2.60. The van der Waals surface area contributed by atoms with Gasteiger partial charge in [-0.25, -0.2) is 0 Å². The van der Waals surface area contributed by atoms with Gasteiger partial charge in [0, 0.05) is 0 Å². The highest BCUT2D eigenvalue weighted by Gasteiger charge is 2.16. The molecule has 0 heterocycles. The van der Waals surface area contributed by atoms with Gasteiger partial charge in [0.25, 0.3) is 0 Å². The molecule has 0 amide bonds. The predicted molar refractivity (Wildman–Crippen MR) is 65.2 cm³/mol. The molecule has 0 bridgehead atoms. The summed E-state index contributed by atoms with van der Waals surface area (Å²) in [4.78, 5) is 11.3. The second-order valence-electron chi connectivity index (χ2n) is 3.78. The van der Waals surface area contributed by atoms with Gasteiger partial charge >= 0.3 is 0 Å². The molecule has 0 unspecified atom stereocenters. The lowest BCUT2D eigenvalue weighted by Gasteiger charge is -2.10. The van der Waals surface area contributed by atoms with Crippen LogP contribution in [0.15, 0.2) is 42.5 Å². The maximum absolute atomic E-state index is 11.3. The molecule has 0 atom stereocenters. The lowest BCUT2D eigenvalue weighted by atomic mass is 9.99. The minimum Gasteiger partial charge on any atom is -0.507 e. The molecule has 0 aliphatic heterocycles. The molecule has 2 N–H and O–H groups in total. The van der Waals surface area contributed by atoms with Crippen LogP contribution in [0.4, 0.5) is 0 Å². The lowest BCUT2D eigenvalue weighted by Crippen LogP contribution is -1.94. The highest BCUT2D eigenvalue weighted by molar-refractivity contribution is 6.00. The number of Topliss-reactive ketones (excluding diaryl/α,β-unsaturated/α-hetero) is 1. The maximum atomic E-state index is 11.3. The molecular formula is C14H12O3. The molecule has 0 aliphatic carbocycles. The Morgan fingerprint density at radius 2 is 1.65 bits per heavy atom. The minimum absolute atomic E-state index is 0.0429. The quantitative estimate of drug-likeness (QED) is 0.777. The van der Waals surface area contributed by atoms with Gasteiger partial charge in [0.1, 0.15) is 11.5 Å². The van der Waals surface area contributed by atoms with Crippen molar-refractivity contribution in [3.63, 3.8) is 0 Å². The largest absolute Gasteiger partial charge is 0.507 e. The number of ketones is 1. The summed E-state index contributed by atoms with van der Waals surface area (Å²) in [5.41, 5.74) is 1.17. The van der Waals surface area contributed by atoms with Crippen molar-refractivity contribution in [2.45, 2.75) is 6.92 Å². The smallest absolute Gasteiger partial charge is 0.163 e. The Bertz CT molecular complexity index is 559. The zero-order valence-corrected chi connectivity index (χ0v) is 9.34.